The average Bonchev–Trinajstić information content (AvgIpc) is 2.92. The number of piperidine rings is 1. The molecule has 1 fully saturated rings. The molecule has 1 saturated heterocycles. The first kappa shape index (κ1) is 16.0. The van der Waals surface area contributed by atoms with Crippen LogP contribution in [0.3, 0.4) is 0 Å². The molecular formula is C18H26N4O. The lowest BCUT2D eigenvalue weighted by atomic mass is 9.96. The van der Waals surface area contributed by atoms with Crippen molar-refractivity contribution in [2.75, 3.05) is 20.1 Å². The molecular weight excluding hydrogens is 288 g/mol. The summed E-state index contributed by atoms with van der Waals surface area (Å²) in [7, 11) is 2.15. The lowest BCUT2D eigenvalue weighted by Gasteiger charge is -2.37. The van der Waals surface area contributed by atoms with E-state index in [2.05, 4.69) is 41.4 Å². The second kappa shape index (κ2) is 6.71. The molecule has 0 aromatic carbocycles. The zero-order valence-electron chi connectivity index (χ0n) is 14.3. The van der Waals surface area contributed by atoms with Crippen molar-refractivity contribution in [1.29, 1.82) is 0 Å². The summed E-state index contributed by atoms with van der Waals surface area (Å²) in [6.45, 7) is 6.96. The standard InChI is InChI=1S/C18H26N4O/c1-14(2)22-12-15(7-8-18(22)23)11-20(3)13-16-10-19-17-6-4-5-9-21(16)17/h4-6,9-10,14-15H,7-8,11-13H2,1-3H3. The van der Waals surface area contributed by atoms with Crippen molar-refractivity contribution in [1.82, 2.24) is 19.2 Å². The van der Waals surface area contributed by atoms with Crippen LogP contribution in [0.25, 0.3) is 5.65 Å². The van der Waals surface area contributed by atoms with E-state index in [1.54, 1.807) is 0 Å². The third-order valence-corrected chi connectivity index (χ3v) is 4.66. The van der Waals surface area contributed by atoms with Crippen LogP contribution in [0, 0.1) is 5.92 Å². The maximum atomic E-state index is 12.0. The van der Waals surface area contributed by atoms with Gasteiger partial charge in [0.25, 0.3) is 0 Å². The van der Waals surface area contributed by atoms with Crippen molar-refractivity contribution < 1.29 is 4.79 Å². The number of pyridine rings is 1. The van der Waals surface area contributed by atoms with Crippen LogP contribution in [0.15, 0.2) is 30.6 Å². The van der Waals surface area contributed by atoms with Gasteiger partial charge in [-0.05, 0) is 45.4 Å². The average molecular weight is 314 g/mol. The molecule has 0 bridgehead atoms. The first-order valence-corrected chi connectivity index (χ1v) is 8.43. The summed E-state index contributed by atoms with van der Waals surface area (Å²) in [5.74, 6) is 0.861. The number of fused-ring (bicyclic) bond motifs is 1. The quantitative estimate of drug-likeness (QED) is 0.851. The van der Waals surface area contributed by atoms with E-state index in [4.69, 9.17) is 0 Å². The van der Waals surface area contributed by atoms with E-state index in [1.165, 1.54) is 5.69 Å². The number of nitrogens with zero attached hydrogens (tertiary/aromatic N) is 4. The zero-order valence-corrected chi connectivity index (χ0v) is 14.3. The SMILES string of the molecule is CC(C)N1CC(CN(C)Cc2cnc3ccccn23)CCC1=O. The number of carbonyl (C=O) groups excluding carboxylic acids is 1. The van der Waals surface area contributed by atoms with E-state index in [1.807, 2.05) is 29.3 Å². The third kappa shape index (κ3) is 3.55. The Morgan fingerprint density at radius 1 is 1.39 bits per heavy atom. The van der Waals surface area contributed by atoms with Crippen LogP contribution in [0.4, 0.5) is 0 Å². The van der Waals surface area contributed by atoms with Gasteiger partial charge in [0.2, 0.25) is 5.91 Å². The highest BCUT2D eigenvalue weighted by Gasteiger charge is 2.27. The van der Waals surface area contributed by atoms with E-state index in [9.17, 15) is 4.79 Å². The van der Waals surface area contributed by atoms with Crippen molar-refractivity contribution in [3.8, 4) is 0 Å². The molecule has 5 nitrogen and oxygen atoms in total. The summed E-state index contributed by atoms with van der Waals surface area (Å²) >= 11 is 0. The van der Waals surface area contributed by atoms with Gasteiger partial charge in [-0.1, -0.05) is 6.07 Å². The van der Waals surface area contributed by atoms with Crippen LogP contribution < -0.4 is 0 Å². The fourth-order valence-corrected chi connectivity index (χ4v) is 3.47. The number of rotatable bonds is 5. The van der Waals surface area contributed by atoms with E-state index in [0.717, 1.165) is 31.7 Å². The van der Waals surface area contributed by atoms with Gasteiger partial charge in [0.15, 0.2) is 0 Å². The summed E-state index contributed by atoms with van der Waals surface area (Å²) in [4.78, 5) is 20.8. The smallest absolute Gasteiger partial charge is 0.222 e. The third-order valence-electron chi connectivity index (χ3n) is 4.66. The molecule has 1 aliphatic heterocycles. The molecule has 0 saturated carbocycles. The Hall–Kier alpha value is -1.88. The van der Waals surface area contributed by atoms with Gasteiger partial charge < -0.3 is 14.2 Å². The maximum Gasteiger partial charge on any atom is 0.222 e. The highest BCUT2D eigenvalue weighted by Crippen LogP contribution is 2.21. The zero-order chi connectivity index (χ0) is 16.4. The van der Waals surface area contributed by atoms with Gasteiger partial charge in [-0.15, -0.1) is 0 Å². The Bertz CT molecular complexity index is 678. The molecule has 124 valence electrons. The number of amides is 1. The number of hydrogen-bond donors (Lipinski definition) is 0. The van der Waals surface area contributed by atoms with Gasteiger partial charge in [-0.3, -0.25) is 4.79 Å². The molecule has 1 atom stereocenters. The van der Waals surface area contributed by atoms with Crippen LogP contribution in [0.2, 0.25) is 0 Å². The normalized spacial score (nSPS) is 19.3. The molecule has 1 aliphatic rings. The monoisotopic (exact) mass is 314 g/mol. The van der Waals surface area contributed by atoms with Crippen LogP contribution in [-0.2, 0) is 11.3 Å². The first-order valence-electron chi connectivity index (χ1n) is 8.43. The number of carbonyl (C=O) groups is 1. The van der Waals surface area contributed by atoms with E-state index in [0.29, 0.717) is 24.3 Å². The summed E-state index contributed by atoms with van der Waals surface area (Å²) < 4.78 is 2.14. The number of likely N-dealkylation sites (tertiary alicyclic amines) is 1. The number of hydrogen-bond acceptors (Lipinski definition) is 3. The van der Waals surface area contributed by atoms with Crippen molar-refractivity contribution in [2.24, 2.45) is 5.92 Å². The molecule has 1 amide bonds. The summed E-state index contributed by atoms with van der Waals surface area (Å²) in [6, 6.07) is 6.37. The second-order valence-corrected chi connectivity index (χ2v) is 6.92. The summed E-state index contributed by atoms with van der Waals surface area (Å²) in [6.07, 6.45) is 5.70. The first-order chi connectivity index (χ1) is 11.0. The molecule has 3 rings (SSSR count). The van der Waals surface area contributed by atoms with Gasteiger partial charge >= 0.3 is 0 Å². The van der Waals surface area contributed by atoms with Gasteiger partial charge in [0, 0.05) is 38.3 Å². The Balaban J connectivity index is 1.61. The van der Waals surface area contributed by atoms with E-state index >= 15 is 0 Å². The predicted molar refractivity (Wildman–Crippen MR) is 91.1 cm³/mol. The largest absolute Gasteiger partial charge is 0.340 e. The lowest BCUT2D eigenvalue weighted by molar-refractivity contribution is -0.136. The lowest BCUT2D eigenvalue weighted by Crippen LogP contribution is -2.46. The molecule has 3 heterocycles. The van der Waals surface area contributed by atoms with E-state index in [-0.39, 0.29) is 0 Å². The van der Waals surface area contributed by atoms with Gasteiger partial charge in [0.05, 0.1) is 11.9 Å². The van der Waals surface area contributed by atoms with Crippen LogP contribution in [-0.4, -0.2) is 51.3 Å². The molecule has 5 heteroatoms. The van der Waals surface area contributed by atoms with Crippen LogP contribution >= 0.6 is 0 Å². The molecule has 1 unspecified atom stereocenters. The van der Waals surface area contributed by atoms with Crippen molar-refractivity contribution >= 4 is 11.6 Å². The van der Waals surface area contributed by atoms with Crippen molar-refractivity contribution in [3.63, 3.8) is 0 Å². The fourth-order valence-electron chi connectivity index (χ4n) is 3.47. The van der Waals surface area contributed by atoms with Gasteiger partial charge in [-0.2, -0.15) is 0 Å². The highest BCUT2D eigenvalue weighted by molar-refractivity contribution is 5.77. The molecule has 23 heavy (non-hydrogen) atoms. The minimum atomic E-state index is 0.300. The summed E-state index contributed by atoms with van der Waals surface area (Å²) in [5, 5.41) is 0. The number of imidazole rings is 1. The Morgan fingerprint density at radius 3 is 3.00 bits per heavy atom. The minimum Gasteiger partial charge on any atom is -0.340 e. The Labute approximate surface area is 137 Å². The second-order valence-electron chi connectivity index (χ2n) is 6.92. The predicted octanol–water partition coefficient (Wildman–Crippen LogP) is 2.41. The fraction of sp³-hybridized carbons (Fsp3) is 0.556. The molecule has 0 spiro atoms. The molecule has 0 N–H and O–H groups in total. The van der Waals surface area contributed by atoms with Gasteiger partial charge in [-0.25, -0.2) is 4.98 Å². The summed E-state index contributed by atoms with van der Waals surface area (Å²) in [5.41, 5.74) is 2.20. The Kier molecular flexibility index (Phi) is 4.66. The molecule has 2 aromatic rings. The van der Waals surface area contributed by atoms with Crippen LogP contribution in [0.5, 0.6) is 0 Å². The minimum absolute atomic E-state index is 0.300. The molecule has 0 aliphatic carbocycles. The maximum absolute atomic E-state index is 12.0. The molecule has 2 aromatic heterocycles. The highest BCUT2D eigenvalue weighted by atomic mass is 16.2. The van der Waals surface area contributed by atoms with E-state index < -0.39 is 0 Å². The van der Waals surface area contributed by atoms with Gasteiger partial charge in [0.1, 0.15) is 5.65 Å². The Morgan fingerprint density at radius 2 is 2.22 bits per heavy atom. The molecule has 0 radical (unpaired) electrons. The number of aromatic nitrogens is 2. The van der Waals surface area contributed by atoms with Crippen molar-refractivity contribution in [3.05, 3.63) is 36.3 Å². The van der Waals surface area contributed by atoms with Crippen LogP contribution in [0.1, 0.15) is 32.4 Å². The van der Waals surface area contributed by atoms with Crippen molar-refractivity contribution in [2.45, 2.75) is 39.3 Å². The topological polar surface area (TPSA) is 40.9 Å².